The van der Waals surface area contributed by atoms with E-state index in [4.69, 9.17) is 0 Å². The number of aromatic nitrogens is 1. The highest BCUT2D eigenvalue weighted by Gasteiger charge is 2.27. The fourth-order valence-corrected chi connectivity index (χ4v) is 1.72. The summed E-state index contributed by atoms with van der Waals surface area (Å²) >= 11 is 0. The molecule has 2 heterocycles. The Hall–Kier alpha value is -1.42. The normalized spacial score (nSPS) is 15.8. The summed E-state index contributed by atoms with van der Waals surface area (Å²) in [5.74, 6) is 0.103. The lowest BCUT2D eigenvalue weighted by atomic mass is 10.1. The average molecular weight is 205 g/mol. The standard InChI is InChI=1S/C11H15N3O/c1-2-14(10-7-13-8-10)11(15)9-3-5-12-6-4-9/h3-6,10,13H,2,7-8H2,1H3. The molecule has 1 N–H and O–H groups in total. The molecule has 0 atom stereocenters. The van der Waals surface area contributed by atoms with Gasteiger partial charge in [-0.05, 0) is 19.1 Å². The van der Waals surface area contributed by atoms with E-state index in [1.165, 1.54) is 0 Å². The topological polar surface area (TPSA) is 45.2 Å². The van der Waals surface area contributed by atoms with E-state index in [9.17, 15) is 4.79 Å². The van der Waals surface area contributed by atoms with Crippen molar-refractivity contribution in [1.82, 2.24) is 15.2 Å². The summed E-state index contributed by atoms with van der Waals surface area (Å²) in [5.41, 5.74) is 0.721. The van der Waals surface area contributed by atoms with Crippen molar-refractivity contribution in [2.24, 2.45) is 0 Å². The smallest absolute Gasteiger partial charge is 0.254 e. The lowest BCUT2D eigenvalue weighted by Crippen LogP contribution is -2.58. The third-order valence-electron chi connectivity index (χ3n) is 2.73. The number of likely N-dealkylation sites (N-methyl/N-ethyl adjacent to an activating group) is 1. The minimum Gasteiger partial charge on any atom is -0.333 e. The summed E-state index contributed by atoms with van der Waals surface area (Å²) in [6, 6.07) is 3.88. The summed E-state index contributed by atoms with van der Waals surface area (Å²) in [5, 5.41) is 3.18. The van der Waals surface area contributed by atoms with Gasteiger partial charge in [-0.15, -0.1) is 0 Å². The molecule has 4 nitrogen and oxygen atoms in total. The van der Waals surface area contributed by atoms with Crippen molar-refractivity contribution in [3.63, 3.8) is 0 Å². The van der Waals surface area contributed by atoms with E-state index in [2.05, 4.69) is 10.3 Å². The summed E-state index contributed by atoms with van der Waals surface area (Å²) in [4.78, 5) is 17.9. The number of carbonyl (C=O) groups excluding carboxylic acids is 1. The molecule has 0 spiro atoms. The van der Waals surface area contributed by atoms with Crippen molar-refractivity contribution < 1.29 is 4.79 Å². The predicted octanol–water partition coefficient (Wildman–Crippen LogP) is 0.515. The van der Waals surface area contributed by atoms with E-state index in [0.717, 1.165) is 25.2 Å². The molecule has 1 aromatic rings. The second-order valence-corrected chi connectivity index (χ2v) is 3.64. The largest absolute Gasteiger partial charge is 0.333 e. The number of hydrogen-bond acceptors (Lipinski definition) is 3. The number of hydrogen-bond donors (Lipinski definition) is 1. The quantitative estimate of drug-likeness (QED) is 0.782. The van der Waals surface area contributed by atoms with Gasteiger partial charge in [-0.1, -0.05) is 0 Å². The zero-order valence-corrected chi connectivity index (χ0v) is 8.81. The van der Waals surface area contributed by atoms with Crippen molar-refractivity contribution in [3.8, 4) is 0 Å². The Balaban J connectivity index is 2.11. The Morgan fingerprint density at radius 3 is 2.67 bits per heavy atom. The average Bonchev–Trinajstić information content (AvgIpc) is 2.23. The maximum absolute atomic E-state index is 12.1. The predicted molar refractivity (Wildman–Crippen MR) is 57.6 cm³/mol. The summed E-state index contributed by atoms with van der Waals surface area (Å²) < 4.78 is 0. The van der Waals surface area contributed by atoms with Crippen LogP contribution in [0.2, 0.25) is 0 Å². The number of nitrogens with one attached hydrogen (secondary N) is 1. The maximum Gasteiger partial charge on any atom is 0.254 e. The van der Waals surface area contributed by atoms with Crippen LogP contribution in [0.5, 0.6) is 0 Å². The molecule has 4 heteroatoms. The molecule has 0 bridgehead atoms. The Morgan fingerprint density at radius 2 is 2.20 bits per heavy atom. The van der Waals surface area contributed by atoms with E-state index in [1.54, 1.807) is 24.5 Å². The molecule has 0 aromatic carbocycles. The first-order chi connectivity index (χ1) is 7.33. The van der Waals surface area contributed by atoms with Gasteiger partial charge in [0.25, 0.3) is 5.91 Å². The molecule has 1 aliphatic rings. The van der Waals surface area contributed by atoms with Crippen molar-refractivity contribution in [3.05, 3.63) is 30.1 Å². The molecule has 80 valence electrons. The van der Waals surface area contributed by atoms with Crippen molar-refractivity contribution >= 4 is 5.91 Å². The Bertz CT molecular complexity index is 335. The van der Waals surface area contributed by atoms with E-state index < -0.39 is 0 Å². The zero-order valence-electron chi connectivity index (χ0n) is 8.81. The zero-order chi connectivity index (χ0) is 10.7. The van der Waals surface area contributed by atoms with Crippen LogP contribution in [0.15, 0.2) is 24.5 Å². The highest BCUT2D eigenvalue weighted by molar-refractivity contribution is 5.94. The van der Waals surface area contributed by atoms with Crippen LogP contribution in [0.4, 0.5) is 0 Å². The molecule has 15 heavy (non-hydrogen) atoms. The van der Waals surface area contributed by atoms with Crippen molar-refractivity contribution in [2.75, 3.05) is 19.6 Å². The molecular formula is C11H15N3O. The van der Waals surface area contributed by atoms with Crippen LogP contribution in [-0.4, -0.2) is 41.5 Å². The van der Waals surface area contributed by atoms with Crippen molar-refractivity contribution in [1.29, 1.82) is 0 Å². The van der Waals surface area contributed by atoms with E-state index in [1.807, 2.05) is 11.8 Å². The molecule has 0 saturated carbocycles. The van der Waals surface area contributed by atoms with Crippen LogP contribution in [0.25, 0.3) is 0 Å². The first-order valence-electron chi connectivity index (χ1n) is 5.24. The summed E-state index contributed by atoms with van der Waals surface area (Å²) in [6.45, 7) is 4.58. The van der Waals surface area contributed by atoms with Gasteiger partial charge in [0, 0.05) is 37.6 Å². The molecule has 1 amide bonds. The molecule has 0 radical (unpaired) electrons. The van der Waals surface area contributed by atoms with Crippen LogP contribution in [0.1, 0.15) is 17.3 Å². The van der Waals surface area contributed by atoms with Gasteiger partial charge in [0.2, 0.25) is 0 Å². The van der Waals surface area contributed by atoms with Crippen LogP contribution in [-0.2, 0) is 0 Å². The van der Waals surface area contributed by atoms with Gasteiger partial charge in [0.1, 0.15) is 0 Å². The first kappa shape index (κ1) is 10.1. The minimum absolute atomic E-state index is 0.103. The molecule has 1 aliphatic heterocycles. The third kappa shape index (κ3) is 1.99. The number of carbonyl (C=O) groups is 1. The molecule has 1 aromatic heterocycles. The van der Waals surface area contributed by atoms with Crippen LogP contribution < -0.4 is 5.32 Å². The Morgan fingerprint density at radius 1 is 1.53 bits per heavy atom. The summed E-state index contributed by atoms with van der Waals surface area (Å²) in [6.07, 6.45) is 3.31. The van der Waals surface area contributed by atoms with E-state index in [0.29, 0.717) is 6.04 Å². The Labute approximate surface area is 89.3 Å². The molecule has 1 saturated heterocycles. The highest BCUT2D eigenvalue weighted by atomic mass is 16.2. The number of pyridine rings is 1. The van der Waals surface area contributed by atoms with Gasteiger partial charge in [-0.2, -0.15) is 0 Å². The minimum atomic E-state index is 0.103. The number of rotatable bonds is 3. The Kier molecular flexibility index (Phi) is 2.97. The van der Waals surface area contributed by atoms with Crippen LogP contribution in [0, 0.1) is 0 Å². The number of nitrogens with zero attached hydrogens (tertiary/aromatic N) is 2. The van der Waals surface area contributed by atoms with Gasteiger partial charge >= 0.3 is 0 Å². The van der Waals surface area contributed by atoms with Crippen LogP contribution in [0.3, 0.4) is 0 Å². The van der Waals surface area contributed by atoms with Crippen LogP contribution >= 0.6 is 0 Å². The van der Waals surface area contributed by atoms with Gasteiger partial charge in [0.05, 0.1) is 6.04 Å². The highest BCUT2D eigenvalue weighted by Crippen LogP contribution is 2.10. The van der Waals surface area contributed by atoms with E-state index in [-0.39, 0.29) is 5.91 Å². The summed E-state index contributed by atoms with van der Waals surface area (Å²) in [7, 11) is 0. The molecular weight excluding hydrogens is 190 g/mol. The van der Waals surface area contributed by atoms with Gasteiger partial charge in [-0.25, -0.2) is 0 Å². The fraction of sp³-hybridized carbons (Fsp3) is 0.455. The SMILES string of the molecule is CCN(C(=O)c1ccncc1)C1CNC1. The second kappa shape index (κ2) is 4.40. The van der Waals surface area contributed by atoms with Gasteiger partial charge in [0.15, 0.2) is 0 Å². The molecule has 0 unspecified atom stereocenters. The molecule has 1 fully saturated rings. The van der Waals surface area contributed by atoms with E-state index >= 15 is 0 Å². The second-order valence-electron chi connectivity index (χ2n) is 3.64. The molecule has 0 aliphatic carbocycles. The number of amides is 1. The third-order valence-corrected chi connectivity index (χ3v) is 2.73. The van der Waals surface area contributed by atoms with Crippen molar-refractivity contribution in [2.45, 2.75) is 13.0 Å². The maximum atomic E-state index is 12.1. The molecule has 2 rings (SSSR count). The lowest BCUT2D eigenvalue weighted by Gasteiger charge is -2.37. The fourth-order valence-electron chi connectivity index (χ4n) is 1.72. The lowest BCUT2D eigenvalue weighted by molar-refractivity contribution is 0.0630. The first-order valence-corrected chi connectivity index (χ1v) is 5.24. The van der Waals surface area contributed by atoms with Gasteiger partial charge in [-0.3, -0.25) is 9.78 Å². The monoisotopic (exact) mass is 205 g/mol. The van der Waals surface area contributed by atoms with Gasteiger partial charge < -0.3 is 10.2 Å².